The lowest BCUT2D eigenvalue weighted by atomic mass is 9.97. The number of hydrogen-bond acceptors (Lipinski definition) is 4. The lowest BCUT2D eigenvalue weighted by Gasteiger charge is -2.27. The van der Waals surface area contributed by atoms with Crippen LogP contribution in [0, 0.1) is 5.92 Å². The number of carbonyl (C=O) groups is 1. The summed E-state index contributed by atoms with van der Waals surface area (Å²) >= 11 is 4.91. The van der Waals surface area contributed by atoms with Crippen molar-refractivity contribution in [3.8, 4) is 0 Å². The maximum Gasteiger partial charge on any atom is 0.152 e. The molecule has 0 heterocycles. The predicted molar refractivity (Wildman–Crippen MR) is 89.7 cm³/mol. The van der Waals surface area contributed by atoms with Crippen LogP contribution in [0.15, 0.2) is 11.9 Å². The summed E-state index contributed by atoms with van der Waals surface area (Å²) in [4.78, 5) is 16.2. The third kappa shape index (κ3) is 7.01. The number of Topliss-reactive ketones (excluding diaryl/α,β-unsaturated/α-hetero) is 1. The van der Waals surface area contributed by atoms with Crippen LogP contribution >= 0.6 is 12.2 Å². The standard InChI is InChI=1S/C15H29N3OS/c1-11(2)15(19)14(16-12(3)4)8-13(17(5)6)9-18(7)10-20/h9-12,14,16H,8H2,1-7H3/b13-9-. The quantitative estimate of drug-likeness (QED) is 0.661. The Morgan fingerprint density at radius 2 is 1.75 bits per heavy atom. The molecule has 0 aliphatic carbocycles. The molecule has 0 spiro atoms. The Kier molecular flexibility index (Phi) is 8.65. The maximum absolute atomic E-state index is 12.3. The first-order chi connectivity index (χ1) is 9.18. The number of hydrogen-bond donors (Lipinski definition) is 1. The summed E-state index contributed by atoms with van der Waals surface area (Å²) in [6.45, 7) is 8.00. The van der Waals surface area contributed by atoms with Crippen LogP contribution < -0.4 is 5.32 Å². The van der Waals surface area contributed by atoms with Crippen molar-refractivity contribution >= 4 is 23.5 Å². The molecule has 0 saturated heterocycles. The maximum atomic E-state index is 12.3. The molecule has 0 rings (SSSR count). The Labute approximate surface area is 129 Å². The largest absolute Gasteiger partial charge is 0.380 e. The van der Waals surface area contributed by atoms with E-state index < -0.39 is 0 Å². The van der Waals surface area contributed by atoms with Gasteiger partial charge in [0.05, 0.1) is 11.5 Å². The molecule has 0 aliphatic rings. The van der Waals surface area contributed by atoms with Crippen LogP contribution in [-0.4, -0.2) is 54.3 Å². The molecule has 0 aliphatic heterocycles. The van der Waals surface area contributed by atoms with E-state index in [1.54, 1.807) is 5.49 Å². The van der Waals surface area contributed by atoms with Crippen molar-refractivity contribution in [1.82, 2.24) is 15.1 Å². The Hall–Kier alpha value is -0.940. The molecule has 1 unspecified atom stereocenters. The lowest BCUT2D eigenvalue weighted by Crippen LogP contribution is -2.44. The van der Waals surface area contributed by atoms with E-state index in [-0.39, 0.29) is 23.8 Å². The zero-order valence-corrected chi connectivity index (χ0v) is 14.6. The van der Waals surface area contributed by atoms with E-state index in [4.69, 9.17) is 12.2 Å². The average molecular weight is 299 g/mol. The molecule has 0 amide bonds. The summed E-state index contributed by atoms with van der Waals surface area (Å²) in [5.41, 5.74) is 2.65. The van der Waals surface area contributed by atoms with Gasteiger partial charge >= 0.3 is 0 Å². The van der Waals surface area contributed by atoms with Gasteiger partial charge in [-0.05, 0) is 0 Å². The molecule has 0 aromatic carbocycles. The van der Waals surface area contributed by atoms with Gasteiger partial charge in [-0.3, -0.25) is 4.79 Å². The summed E-state index contributed by atoms with van der Waals surface area (Å²) in [6, 6.07) is 0.108. The fraction of sp³-hybridized carbons (Fsp3) is 0.733. The number of ketones is 1. The molecule has 0 aromatic heterocycles. The lowest BCUT2D eigenvalue weighted by molar-refractivity contribution is -0.124. The van der Waals surface area contributed by atoms with E-state index in [1.807, 2.05) is 51.0 Å². The van der Waals surface area contributed by atoms with Crippen LogP contribution in [0.25, 0.3) is 0 Å². The van der Waals surface area contributed by atoms with Crippen molar-refractivity contribution in [2.24, 2.45) is 5.92 Å². The van der Waals surface area contributed by atoms with Crippen LogP contribution in [0.4, 0.5) is 0 Å². The van der Waals surface area contributed by atoms with Crippen molar-refractivity contribution in [3.05, 3.63) is 11.9 Å². The predicted octanol–water partition coefficient (Wildman–Crippen LogP) is 2.26. The van der Waals surface area contributed by atoms with Gasteiger partial charge in [-0.15, -0.1) is 0 Å². The number of carbonyl (C=O) groups excluding carboxylic acids is 1. The SMILES string of the molecule is CC(C)NC(C/C(=C/N(C)C=S)N(C)C)C(=O)C(C)C. The van der Waals surface area contributed by atoms with Crippen molar-refractivity contribution in [2.75, 3.05) is 21.1 Å². The highest BCUT2D eigenvalue weighted by atomic mass is 32.1. The fourth-order valence-corrected chi connectivity index (χ4v) is 1.93. The van der Waals surface area contributed by atoms with E-state index >= 15 is 0 Å². The number of rotatable bonds is 9. The Morgan fingerprint density at radius 3 is 2.10 bits per heavy atom. The fourth-order valence-electron chi connectivity index (χ4n) is 1.87. The zero-order valence-electron chi connectivity index (χ0n) is 13.8. The molecule has 0 radical (unpaired) electrons. The van der Waals surface area contributed by atoms with Crippen molar-refractivity contribution < 1.29 is 4.79 Å². The van der Waals surface area contributed by atoms with E-state index in [0.29, 0.717) is 6.42 Å². The van der Waals surface area contributed by atoms with Gasteiger partial charge in [0.15, 0.2) is 5.78 Å². The first-order valence-electron chi connectivity index (χ1n) is 7.04. The third-order valence-corrected chi connectivity index (χ3v) is 3.29. The molecule has 116 valence electrons. The van der Waals surface area contributed by atoms with Gasteiger partial charge in [0.1, 0.15) is 0 Å². The highest BCUT2D eigenvalue weighted by Gasteiger charge is 2.23. The third-order valence-electron chi connectivity index (χ3n) is 2.95. The molecular weight excluding hydrogens is 270 g/mol. The molecule has 4 nitrogen and oxygen atoms in total. The summed E-state index contributed by atoms with van der Waals surface area (Å²) < 4.78 is 0. The average Bonchev–Trinajstić information content (AvgIpc) is 2.34. The number of thiocarbonyl (C=S) groups is 1. The molecule has 0 aromatic rings. The molecule has 5 heteroatoms. The second-order valence-electron chi connectivity index (χ2n) is 5.92. The Bertz CT molecular complexity index is 351. The Balaban J connectivity index is 5.12. The van der Waals surface area contributed by atoms with Crippen LogP contribution in [0.3, 0.4) is 0 Å². The molecular formula is C15H29N3OS. The van der Waals surface area contributed by atoms with E-state index in [0.717, 1.165) is 5.70 Å². The van der Waals surface area contributed by atoms with Gasteiger partial charge in [-0.1, -0.05) is 39.9 Å². The number of nitrogens with one attached hydrogen (secondary N) is 1. The molecule has 0 bridgehead atoms. The van der Waals surface area contributed by atoms with Gasteiger partial charge in [0.2, 0.25) is 0 Å². The van der Waals surface area contributed by atoms with Gasteiger partial charge in [0.25, 0.3) is 0 Å². The topological polar surface area (TPSA) is 35.6 Å². The molecule has 1 N–H and O–H groups in total. The van der Waals surface area contributed by atoms with Gasteiger partial charge in [0, 0.05) is 51.4 Å². The highest BCUT2D eigenvalue weighted by Crippen LogP contribution is 2.14. The molecule has 20 heavy (non-hydrogen) atoms. The number of nitrogens with zero attached hydrogens (tertiary/aromatic N) is 2. The van der Waals surface area contributed by atoms with E-state index in [1.165, 1.54) is 0 Å². The molecule has 0 fully saturated rings. The summed E-state index contributed by atoms with van der Waals surface area (Å²) in [6.07, 6.45) is 2.63. The summed E-state index contributed by atoms with van der Waals surface area (Å²) in [7, 11) is 5.86. The van der Waals surface area contributed by atoms with Gasteiger partial charge in [-0.2, -0.15) is 0 Å². The second-order valence-corrected chi connectivity index (χ2v) is 6.13. The molecule has 1 atom stereocenters. The second kappa shape index (κ2) is 9.08. The minimum Gasteiger partial charge on any atom is -0.380 e. The first kappa shape index (κ1) is 19.1. The van der Waals surface area contributed by atoms with Crippen LogP contribution in [0.2, 0.25) is 0 Å². The summed E-state index contributed by atoms with van der Waals surface area (Å²) in [5, 5.41) is 3.37. The van der Waals surface area contributed by atoms with E-state index in [9.17, 15) is 4.79 Å². The van der Waals surface area contributed by atoms with Crippen molar-refractivity contribution in [3.63, 3.8) is 0 Å². The van der Waals surface area contributed by atoms with Crippen LogP contribution in [-0.2, 0) is 4.79 Å². The highest BCUT2D eigenvalue weighted by molar-refractivity contribution is 7.78. The minimum absolute atomic E-state index is 0.0258. The monoisotopic (exact) mass is 299 g/mol. The smallest absolute Gasteiger partial charge is 0.152 e. The Morgan fingerprint density at radius 1 is 1.20 bits per heavy atom. The van der Waals surface area contributed by atoms with Gasteiger partial charge in [-0.25, -0.2) is 0 Å². The summed E-state index contributed by atoms with van der Waals surface area (Å²) in [5.74, 6) is 0.273. The normalized spacial score (nSPS) is 13.6. The molecule has 0 saturated carbocycles. The zero-order chi connectivity index (χ0) is 15.9. The van der Waals surface area contributed by atoms with Crippen LogP contribution in [0.5, 0.6) is 0 Å². The van der Waals surface area contributed by atoms with Gasteiger partial charge < -0.3 is 15.1 Å². The van der Waals surface area contributed by atoms with Crippen molar-refractivity contribution in [2.45, 2.75) is 46.2 Å². The first-order valence-corrected chi connectivity index (χ1v) is 7.51. The van der Waals surface area contributed by atoms with E-state index in [2.05, 4.69) is 19.2 Å². The van der Waals surface area contributed by atoms with Crippen LogP contribution in [0.1, 0.15) is 34.1 Å². The minimum atomic E-state index is -0.165. The van der Waals surface area contributed by atoms with Crippen molar-refractivity contribution in [1.29, 1.82) is 0 Å².